The number of fused-ring (bicyclic) bond motifs is 1. The summed E-state index contributed by atoms with van der Waals surface area (Å²) in [5.41, 5.74) is 1.89. The van der Waals surface area contributed by atoms with Crippen LogP contribution >= 0.6 is 0 Å². The van der Waals surface area contributed by atoms with Crippen LogP contribution in [-0.2, 0) is 22.4 Å². The predicted octanol–water partition coefficient (Wildman–Crippen LogP) is 1.80. The molecule has 1 aliphatic heterocycles. The maximum absolute atomic E-state index is 5.71. The highest BCUT2D eigenvalue weighted by atomic mass is 16.5. The summed E-state index contributed by atoms with van der Waals surface area (Å²) in [6, 6.07) is 3.93. The second-order valence-electron chi connectivity index (χ2n) is 4.86. The summed E-state index contributed by atoms with van der Waals surface area (Å²) in [5, 5.41) is 0. The minimum absolute atomic E-state index is 0.304. The summed E-state index contributed by atoms with van der Waals surface area (Å²) in [6.07, 6.45) is 5.25. The van der Waals surface area contributed by atoms with Crippen LogP contribution in [0.4, 0.5) is 0 Å². The first kappa shape index (κ1) is 12.6. The van der Waals surface area contributed by atoms with Gasteiger partial charge in [-0.05, 0) is 25.0 Å². The Morgan fingerprint density at radius 3 is 3.26 bits per heavy atom. The predicted molar refractivity (Wildman–Crippen MR) is 72.1 cm³/mol. The molecule has 3 rings (SSSR count). The molecule has 0 radical (unpaired) electrons. The van der Waals surface area contributed by atoms with E-state index in [9.17, 15) is 0 Å². The Kier molecular flexibility index (Phi) is 3.75. The third-order valence-electron chi connectivity index (χ3n) is 3.54. The van der Waals surface area contributed by atoms with E-state index in [-0.39, 0.29) is 0 Å². The van der Waals surface area contributed by atoms with Gasteiger partial charge in [-0.25, -0.2) is 9.97 Å². The Bertz CT molecular complexity index is 547. The molecule has 2 aromatic heterocycles. The SMILES string of the molecule is COCCn1c(CC2CCCO2)nc2cccnc21. The smallest absolute Gasteiger partial charge is 0.160 e. The molecule has 5 nitrogen and oxygen atoms in total. The van der Waals surface area contributed by atoms with Gasteiger partial charge in [0, 0.05) is 32.9 Å². The Balaban J connectivity index is 1.91. The number of methoxy groups -OCH3 is 1. The van der Waals surface area contributed by atoms with Crippen LogP contribution in [0.5, 0.6) is 0 Å². The molecule has 0 spiro atoms. The average molecular weight is 261 g/mol. The molecule has 0 saturated carbocycles. The standard InChI is InChI=1S/C14H19N3O2/c1-18-9-7-17-13(10-11-4-3-8-19-11)16-12-5-2-6-15-14(12)17/h2,5-6,11H,3-4,7-10H2,1H3. The summed E-state index contributed by atoms with van der Waals surface area (Å²) in [5.74, 6) is 1.05. The molecule has 1 aliphatic rings. The van der Waals surface area contributed by atoms with Crippen LogP contribution in [0.1, 0.15) is 18.7 Å². The van der Waals surface area contributed by atoms with E-state index in [4.69, 9.17) is 14.5 Å². The summed E-state index contributed by atoms with van der Waals surface area (Å²) in [6.45, 7) is 2.33. The van der Waals surface area contributed by atoms with Gasteiger partial charge >= 0.3 is 0 Å². The minimum atomic E-state index is 0.304. The quantitative estimate of drug-likeness (QED) is 0.823. The average Bonchev–Trinajstić information content (AvgIpc) is 3.04. The van der Waals surface area contributed by atoms with Gasteiger partial charge < -0.3 is 14.0 Å². The fourth-order valence-corrected chi connectivity index (χ4v) is 2.59. The fraction of sp³-hybridized carbons (Fsp3) is 0.571. The van der Waals surface area contributed by atoms with Crippen LogP contribution in [0.25, 0.3) is 11.2 Å². The van der Waals surface area contributed by atoms with Gasteiger partial charge in [0.1, 0.15) is 11.3 Å². The molecule has 1 atom stereocenters. The number of pyridine rings is 1. The van der Waals surface area contributed by atoms with Crippen molar-refractivity contribution in [1.29, 1.82) is 0 Å². The van der Waals surface area contributed by atoms with Gasteiger partial charge in [0.15, 0.2) is 5.65 Å². The maximum Gasteiger partial charge on any atom is 0.160 e. The first-order chi connectivity index (χ1) is 9.38. The maximum atomic E-state index is 5.71. The number of hydrogen-bond acceptors (Lipinski definition) is 4. The Morgan fingerprint density at radius 1 is 1.53 bits per heavy atom. The molecule has 0 bridgehead atoms. The van der Waals surface area contributed by atoms with Gasteiger partial charge in [0.05, 0.1) is 12.7 Å². The van der Waals surface area contributed by atoms with E-state index in [2.05, 4.69) is 9.55 Å². The molecule has 1 unspecified atom stereocenters. The summed E-state index contributed by atoms with van der Waals surface area (Å²) in [4.78, 5) is 9.13. The number of hydrogen-bond donors (Lipinski definition) is 0. The summed E-state index contributed by atoms with van der Waals surface area (Å²) in [7, 11) is 1.71. The Morgan fingerprint density at radius 2 is 2.47 bits per heavy atom. The molecule has 2 aromatic rings. The molecule has 0 amide bonds. The molecule has 1 fully saturated rings. The van der Waals surface area contributed by atoms with E-state index in [1.807, 2.05) is 18.3 Å². The van der Waals surface area contributed by atoms with E-state index < -0.39 is 0 Å². The van der Waals surface area contributed by atoms with Crippen molar-refractivity contribution >= 4 is 11.2 Å². The second kappa shape index (κ2) is 5.67. The van der Waals surface area contributed by atoms with Crippen molar-refractivity contribution in [1.82, 2.24) is 14.5 Å². The summed E-state index contributed by atoms with van der Waals surface area (Å²) >= 11 is 0. The molecule has 5 heteroatoms. The van der Waals surface area contributed by atoms with E-state index in [0.29, 0.717) is 12.7 Å². The molecule has 0 aromatic carbocycles. The van der Waals surface area contributed by atoms with E-state index >= 15 is 0 Å². The lowest BCUT2D eigenvalue weighted by atomic mass is 10.2. The number of aromatic nitrogens is 3. The number of ether oxygens (including phenoxy) is 2. The van der Waals surface area contributed by atoms with Gasteiger partial charge in [-0.3, -0.25) is 0 Å². The third kappa shape index (κ3) is 2.62. The van der Waals surface area contributed by atoms with Crippen molar-refractivity contribution in [2.45, 2.75) is 31.9 Å². The first-order valence-corrected chi connectivity index (χ1v) is 6.79. The van der Waals surface area contributed by atoms with Crippen LogP contribution in [0, 0.1) is 0 Å². The Hall–Kier alpha value is -1.46. The summed E-state index contributed by atoms with van der Waals surface area (Å²) < 4.78 is 13.0. The third-order valence-corrected chi connectivity index (χ3v) is 3.54. The zero-order chi connectivity index (χ0) is 13.1. The van der Waals surface area contributed by atoms with Crippen molar-refractivity contribution in [3.8, 4) is 0 Å². The molecule has 0 aliphatic carbocycles. The minimum Gasteiger partial charge on any atom is -0.383 e. The van der Waals surface area contributed by atoms with Crippen LogP contribution in [0.3, 0.4) is 0 Å². The van der Waals surface area contributed by atoms with Gasteiger partial charge in [-0.2, -0.15) is 0 Å². The number of rotatable bonds is 5. The molecular formula is C14H19N3O2. The highest BCUT2D eigenvalue weighted by Gasteiger charge is 2.20. The second-order valence-corrected chi connectivity index (χ2v) is 4.86. The van der Waals surface area contributed by atoms with Crippen LogP contribution in [-0.4, -0.2) is 41.0 Å². The van der Waals surface area contributed by atoms with E-state index in [1.54, 1.807) is 7.11 Å². The van der Waals surface area contributed by atoms with Gasteiger partial charge in [0.2, 0.25) is 0 Å². The van der Waals surface area contributed by atoms with E-state index in [1.165, 1.54) is 0 Å². The molecule has 19 heavy (non-hydrogen) atoms. The van der Waals surface area contributed by atoms with Crippen molar-refractivity contribution in [2.24, 2.45) is 0 Å². The largest absolute Gasteiger partial charge is 0.383 e. The lowest BCUT2D eigenvalue weighted by Crippen LogP contribution is -2.15. The zero-order valence-electron chi connectivity index (χ0n) is 11.2. The topological polar surface area (TPSA) is 49.2 Å². The van der Waals surface area contributed by atoms with Crippen molar-refractivity contribution in [3.63, 3.8) is 0 Å². The number of imidazole rings is 1. The first-order valence-electron chi connectivity index (χ1n) is 6.79. The lowest BCUT2D eigenvalue weighted by molar-refractivity contribution is 0.108. The van der Waals surface area contributed by atoms with Gasteiger partial charge in [0.25, 0.3) is 0 Å². The van der Waals surface area contributed by atoms with E-state index in [0.717, 1.165) is 49.4 Å². The normalized spacial score (nSPS) is 19.3. The lowest BCUT2D eigenvalue weighted by Gasteiger charge is -2.11. The highest BCUT2D eigenvalue weighted by Crippen LogP contribution is 2.20. The van der Waals surface area contributed by atoms with Crippen molar-refractivity contribution in [2.75, 3.05) is 20.3 Å². The van der Waals surface area contributed by atoms with Crippen molar-refractivity contribution in [3.05, 3.63) is 24.2 Å². The monoisotopic (exact) mass is 261 g/mol. The molecule has 1 saturated heterocycles. The highest BCUT2D eigenvalue weighted by molar-refractivity contribution is 5.71. The van der Waals surface area contributed by atoms with Crippen LogP contribution in [0.15, 0.2) is 18.3 Å². The fourth-order valence-electron chi connectivity index (χ4n) is 2.59. The molecule has 0 N–H and O–H groups in total. The molecule has 102 valence electrons. The zero-order valence-corrected chi connectivity index (χ0v) is 11.2. The molecular weight excluding hydrogens is 242 g/mol. The number of nitrogens with zero attached hydrogens (tertiary/aromatic N) is 3. The van der Waals surface area contributed by atoms with Gasteiger partial charge in [-0.15, -0.1) is 0 Å². The molecule has 3 heterocycles. The Labute approximate surface area is 112 Å². The van der Waals surface area contributed by atoms with Gasteiger partial charge in [-0.1, -0.05) is 0 Å². The van der Waals surface area contributed by atoms with Crippen molar-refractivity contribution < 1.29 is 9.47 Å². The van der Waals surface area contributed by atoms with Crippen LogP contribution in [0.2, 0.25) is 0 Å². The van der Waals surface area contributed by atoms with Crippen LogP contribution < -0.4 is 0 Å².